The van der Waals surface area contributed by atoms with Crippen LogP contribution in [0.3, 0.4) is 0 Å². The largest absolute Gasteiger partial charge is 0.469 e. The smallest absolute Gasteiger partial charge is 0.307 e. The first kappa shape index (κ1) is 15.4. The zero-order valence-electron chi connectivity index (χ0n) is 11.4. The molecule has 1 N–H and O–H groups in total. The van der Waals surface area contributed by atoms with Gasteiger partial charge in [-0.25, -0.2) is 0 Å². The Morgan fingerprint density at radius 1 is 1.12 bits per heavy atom. The predicted octanol–water partition coefficient (Wildman–Crippen LogP) is 2.74. The van der Waals surface area contributed by atoms with Gasteiger partial charge in [0.1, 0.15) is 0 Å². The molecule has 16 heavy (non-hydrogen) atoms. The third-order valence-corrected chi connectivity index (χ3v) is 2.69. The number of nitrogens with one attached hydrogen (secondary N) is 1. The minimum Gasteiger partial charge on any atom is -0.469 e. The van der Waals surface area contributed by atoms with Crippen LogP contribution in [0, 0.1) is 5.92 Å². The van der Waals surface area contributed by atoms with Crippen LogP contribution >= 0.6 is 0 Å². The molecule has 0 saturated heterocycles. The van der Waals surface area contributed by atoms with E-state index in [1.807, 2.05) is 6.92 Å². The molecule has 0 bridgehead atoms. The molecule has 0 aliphatic carbocycles. The van der Waals surface area contributed by atoms with Crippen molar-refractivity contribution in [2.45, 2.75) is 65.5 Å². The zero-order chi connectivity index (χ0) is 12.6. The van der Waals surface area contributed by atoms with Crippen LogP contribution in [-0.2, 0) is 9.53 Å². The second-order valence-corrected chi connectivity index (χ2v) is 5.07. The van der Waals surface area contributed by atoms with Crippen molar-refractivity contribution >= 4 is 5.97 Å². The summed E-state index contributed by atoms with van der Waals surface area (Å²) in [5.74, 6) is 0.633. The summed E-state index contributed by atoms with van der Waals surface area (Å²) in [6.07, 6.45) is 4.14. The van der Waals surface area contributed by atoms with Crippen molar-refractivity contribution in [3.05, 3.63) is 0 Å². The fourth-order valence-electron chi connectivity index (χ4n) is 1.79. The SMILES string of the molecule is COC(=O)CC(C)NC(C)CCCC(C)C. The molecule has 0 aromatic heterocycles. The van der Waals surface area contributed by atoms with Gasteiger partial charge in [0.05, 0.1) is 13.5 Å². The highest BCUT2D eigenvalue weighted by molar-refractivity contribution is 5.69. The monoisotopic (exact) mass is 229 g/mol. The van der Waals surface area contributed by atoms with E-state index in [1.165, 1.54) is 26.4 Å². The number of carbonyl (C=O) groups is 1. The van der Waals surface area contributed by atoms with Crippen molar-refractivity contribution < 1.29 is 9.53 Å². The van der Waals surface area contributed by atoms with Gasteiger partial charge in [0.2, 0.25) is 0 Å². The summed E-state index contributed by atoms with van der Waals surface area (Å²) >= 11 is 0. The standard InChI is InChI=1S/C13H27NO2/c1-10(2)7-6-8-11(3)14-12(4)9-13(15)16-5/h10-12,14H,6-9H2,1-5H3. The van der Waals surface area contributed by atoms with Crippen LogP contribution in [0.2, 0.25) is 0 Å². The number of hydrogen-bond donors (Lipinski definition) is 1. The Balaban J connectivity index is 3.61. The predicted molar refractivity (Wildman–Crippen MR) is 67.4 cm³/mol. The lowest BCUT2D eigenvalue weighted by atomic mass is 10.0. The lowest BCUT2D eigenvalue weighted by molar-refractivity contribution is -0.141. The topological polar surface area (TPSA) is 38.3 Å². The first-order valence-electron chi connectivity index (χ1n) is 6.28. The van der Waals surface area contributed by atoms with Gasteiger partial charge in [0, 0.05) is 12.1 Å². The normalized spacial score (nSPS) is 14.9. The van der Waals surface area contributed by atoms with Crippen LogP contribution in [0.1, 0.15) is 53.4 Å². The summed E-state index contributed by atoms with van der Waals surface area (Å²) in [5, 5.41) is 3.42. The van der Waals surface area contributed by atoms with Crippen LogP contribution in [0.15, 0.2) is 0 Å². The summed E-state index contributed by atoms with van der Waals surface area (Å²) in [4.78, 5) is 11.0. The number of rotatable bonds is 8. The Morgan fingerprint density at radius 3 is 2.25 bits per heavy atom. The van der Waals surface area contributed by atoms with Crippen LogP contribution < -0.4 is 5.32 Å². The quantitative estimate of drug-likeness (QED) is 0.650. The summed E-state index contributed by atoms with van der Waals surface area (Å²) in [6, 6.07) is 0.667. The van der Waals surface area contributed by atoms with E-state index >= 15 is 0 Å². The molecule has 0 aromatic rings. The van der Waals surface area contributed by atoms with Crippen molar-refractivity contribution in [2.24, 2.45) is 5.92 Å². The number of carbonyl (C=O) groups excluding carboxylic acids is 1. The maximum Gasteiger partial charge on any atom is 0.307 e. The van der Waals surface area contributed by atoms with Gasteiger partial charge in [-0.1, -0.05) is 26.7 Å². The zero-order valence-corrected chi connectivity index (χ0v) is 11.4. The summed E-state index contributed by atoms with van der Waals surface area (Å²) in [7, 11) is 1.43. The van der Waals surface area contributed by atoms with Gasteiger partial charge in [-0.3, -0.25) is 4.79 Å². The Hall–Kier alpha value is -0.570. The molecule has 0 aliphatic heterocycles. The lowest BCUT2D eigenvalue weighted by Gasteiger charge is -2.19. The molecule has 2 unspecified atom stereocenters. The van der Waals surface area contributed by atoms with Crippen molar-refractivity contribution in [3.63, 3.8) is 0 Å². The van der Waals surface area contributed by atoms with Crippen LogP contribution in [0.5, 0.6) is 0 Å². The molecule has 0 aliphatic rings. The van der Waals surface area contributed by atoms with Gasteiger partial charge < -0.3 is 10.1 Å². The van der Waals surface area contributed by atoms with Crippen molar-refractivity contribution in [1.82, 2.24) is 5.32 Å². The fraction of sp³-hybridized carbons (Fsp3) is 0.923. The van der Waals surface area contributed by atoms with E-state index in [-0.39, 0.29) is 12.0 Å². The van der Waals surface area contributed by atoms with Crippen LogP contribution in [-0.4, -0.2) is 25.2 Å². The molecule has 0 saturated carbocycles. The van der Waals surface area contributed by atoms with Crippen molar-refractivity contribution in [3.8, 4) is 0 Å². The third-order valence-electron chi connectivity index (χ3n) is 2.69. The van der Waals surface area contributed by atoms with E-state index in [1.54, 1.807) is 0 Å². The van der Waals surface area contributed by atoms with Crippen molar-refractivity contribution in [2.75, 3.05) is 7.11 Å². The van der Waals surface area contributed by atoms with E-state index in [0.29, 0.717) is 12.5 Å². The molecule has 0 spiro atoms. The number of hydrogen-bond acceptors (Lipinski definition) is 3. The minimum absolute atomic E-state index is 0.144. The summed E-state index contributed by atoms with van der Waals surface area (Å²) < 4.78 is 4.64. The molecule has 0 radical (unpaired) electrons. The highest BCUT2D eigenvalue weighted by atomic mass is 16.5. The average molecular weight is 229 g/mol. The molecular formula is C13H27NO2. The number of ether oxygens (including phenoxy) is 1. The highest BCUT2D eigenvalue weighted by Crippen LogP contribution is 2.09. The van der Waals surface area contributed by atoms with Crippen LogP contribution in [0.4, 0.5) is 0 Å². The first-order valence-corrected chi connectivity index (χ1v) is 6.28. The Labute approximate surface area is 99.9 Å². The van der Waals surface area contributed by atoms with Gasteiger partial charge in [0.25, 0.3) is 0 Å². The maximum absolute atomic E-state index is 11.0. The average Bonchev–Trinajstić information content (AvgIpc) is 2.16. The second kappa shape index (κ2) is 8.57. The van der Waals surface area contributed by atoms with Gasteiger partial charge >= 0.3 is 5.97 Å². The van der Waals surface area contributed by atoms with E-state index in [0.717, 1.165) is 5.92 Å². The molecule has 3 heteroatoms. The molecule has 0 fully saturated rings. The third kappa shape index (κ3) is 8.72. The maximum atomic E-state index is 11.0. The molecule has 96 valence electrons. The van der Waals surface area contributed by atoms with Crippen molar-refractivity contribution in [1.29, 1.82) is 0 Å². The molecular weight excluding hydrogens is 202 g/mol. The Kier molecular flexibility index (Phi) is 8.26. The molecule has 0 aromatic carbocycles. The second-order valence-electron chi connectivity index (χ2n) is 5.07. The molecule has 3 nitrogen and oxygen atoms in total. The van der Waals surface area contributed by atoms with E-state index < -0.39 is 0 Å². The van der Waals surface area contributed by atoms with Gasteiger partial charge in [-0.15, -0.1) is 0 Å². The molecule has 2 atom stereocenters. The van der Waals surface area contributed by atoms with Crippen LogP contribution in [0.25, 0.3) is 0 Å². The molecule has 0 rings (SSSR count). The number of methoxy groups -OCH3 is 1. The molecule has 0 heterocycles. The van der Waals surface area contributed by atoms with Gasteiger partial charge in [0.15, 0.2) is 0 Å². The Morgan fingerprint density at radius 2 is 1.75 bits per heavy atom. The van der Waals surface area contributed by atoms with Gasteiger partial charge in [-0.2, -0.15) is 0 Å². The lowest BCUT2D eigenvalue weighted by Crippen LogP contribution is -2.36. The Bertz CT molecular complexity index is 192. The fourth-order valence-corrected chi connectivity index (χ4v) is 1.79. The number of esters is 1. The van der Waals surface area contributed by atoms with Gasteiger partial charge in [-0.05, 0) is 26.2 Å². The first-order chi connectivity index (χ1) is 7.45. The van der Waals surface area contributed by atoms with E-state index in [9.17, 15) is 4.79 Å². The molecule has 0 amide bonds. The minimum atomic E-state index is -0.144. The highest BCUT2D eigenvalue weighted by Gasteiger charge is 2.11. The summed E-state index contributed by atoms with van der Waals surface area (Å²) in [5.41, 5.74) is 0. The van der Waals surface area contributed by atoms with E-state index in [2.05, 4.69) is 30.8 Å². The van der Waals surface area contributed by atoms with E-state index in [4.69, 9.17) is 0 Å². The summed E-state index contributed by atoms with van der Waals surface area (Å²) in [6.45, 7) is 8.69.